The minimum absolute atomic E-state index is 0.0248. The van der Waals surface area contributed by atoms with Crippen molar-refractivity contribution in [2.24, 2.45) is 0 Å². The number of likely N-dealkylation sites (N-methyl/N-ethyl adjacent to an activating group) is 1. The molecule has 2 aliphatic rings. The molecule has 2 unspecified atom stereocenters. The molecule has 1 amide bonds. The van der Waals surface area contributed by atoms with E-state index >= 15 is 0 Å². The molecule has 0 saturated carbocycles. The Bertz CT molecular complexity index is 262. The summed E-state index contributed by atoms with van der Waals surface area (Å²) in [6, 6.07) is 0.610. The van der Waals surface area contributed by atoms with Crippen LogP contribution in [0.15, 0.2) is 0 Å². The van der Waals surface area contributed by atoms with E-state index in [2.05, 4.69) is 17.3 Å². The average molecular weight is 257 g/mol. The van der Waals surface area contributed by atoms with Crippen molar-refractivity contribution in [1.29, 1.82) is 0 Å². The number of nitrogens with zero attached hydrogens (tertiary/aromatic N) is 2. The Morgan fingerprint density at radius 1 is 1.47 bits per heavy atom. The molecule has 0 radical (unpaired) electrons. The highest BCUT2D eigenvalue weighted by molar-refractivity contribution is 7.99. The van der Waals surface area contributed by atoms with Crippen molar-refractivity contribution >= 4 is 17.7 Å². The highest BCUT2D eigenvalue weighted by Gasteiger charge is 2.30. The van der Waals surface area contributed by atoms with Gasteiger partial charge in [0, 0.05) is 38.0 Å². The highest BCUT2D eigenvalue weighted by Crippen LogP contribution is 2.23. The van der Waals surface area contributed by atoms with Crippen LogP contribution in [0.4, 0.5) is 0 Å². The summed E-state index contributed by atoms with van der Waals surface area (Å²) in [5, 5.41) is 3.28. The number of rotatable bonds is 3. The Morgan fingerprint density at radius 2 is 2.18 bits per heavy atom. The van der Waals surface area contributed by atoms with Gasteiger partial charge < -0.3 is 10.2 Å². The molecule has 1 N–H and O–H groups in total. The third-order valence-corrected chi connectivity index (χ3v) is 5.02. The molecule has 2 fully saturated rings. The molecule has 4 nitrogen and oxygen atoms in total. The van der Waals surface area contributed by atoms with E-state index in [0.29, 0.717) is 11.9 Å². The summed E-state index contributed by atoms with van der Waals surface area (Å²) in [4.78, 5) is 16.6. The van der Waals surface area contributed by atoms with E-state index in [1.165, 1.54) is 17.9 Å². The zero-order valence-corrected chi connectivity index (χ0v) is 11.6. The maximum atomic E-state index is 12.3. The van der Waals surface area contributed by atoms with Gasteiger partial charge in [0.1, 0.15) is 0 Å². The third-order valence-electron chi connectivity index (χ3n) is 3.88. The van der Waals surface area contributed by atoms with Gasteiger partial charge in [-0.3, -0.25) is 9.69 Å². The third kappa shape index (κ3) is 3.14. The lowest BCUT2D eigenvalue weighted by molar-refractivity contribution is -0.137. The average Bonchev–Trinajstić information content (AvgIpc) is 2.91. The van der Waals surface area contributed by atoms with Crippen molar-refractivity contribution in [3.63, 3.8) is 0 Å². The van der Waals surface area contributed by atoms with E-state index in [4.69, 9.17) is 0 Å². The predicted molar refractivity (Wildman–Crippen MR) is 72.4 cm³/mol. The lowest BCUT2D eigenvalue weighted by Gasteiger charge is -2.35. The van der Waals surface area contributed by atoms with Gasteiger partial charge in [-0.25, -0.2) is 0 Å². The van der Waals surface area contributed by atoms with Crippen LogP contribution >= 0.6 is 11.8 Å². The summed E-state index contributed by atoms with van der Waals surface area (Å²) >= 11 is 2.00. The largest absolute Gasteiger partial charge is 0.339 e. The van der Waals surface area contributed by atoms with E-state index < -0.39 is 0 Å². The maximum absolute atomic E-state index is 12.3. The maximum Gasteiger partial charge on any atom is 0.239 e. The summed E-state index contributed by atoms with van der Waals surface area (Å²) in [7, 11) is 2.10. The lowest BCUT2D eigenvalue weighted by atomic mass is 10.1. The number of carbonyl (C=O) groups excluding carboxylic acids is 1. The number of thioether (sulfide) groups is 1. The summed E-state index contributed by atoms with van der Waals surface area (Å²) in [6.45, 7) is 5.63. The van der Waals surface area contributed by atoms with Crippen LogP contribution in [0.5, 0.6) is 0 Å². The van der Waals surface area contributed by atoms with Gasteiger partial charge in [-0.2, -0.15) is 11.8 Å². The minimum atomic E-state index is 0.0248. The molecule has 2 aliphatic heterocycles. The molecule has 2 heterocycles. The van der Waals surface area contributed by atoms with Crippen molar-refractivity contribution in [3.8, 4) is 0 Å². The highest BCUT2D eigenvalue weighted by atomic mass is 32.2. The van der Waals surface area contributed by atoms with Crippen LogP contribution in [0.25, 0.3) is 0 Å². The van der Waals surface area contributed by atoms with Gasteiger partial charge in [0.15, 0.2) is 0 Å². The fourth-order valence-corrected chi connectivity index (χ4v) is 3.76. The van der Waals surface area contributed by atoms with Crippen LogP contribution in [-0.4, -0.2) is 72.5 Å². The first-order chi connectivity index (χ1) is 8.20. The Labute approximate surface area is 108 Å². The van der Waals surface area contributed by atoms with Crippen LogP contribution < -0.4 is 5.32 Å². The van der Waals surface area contributed by atoms with Crippen molar-refractivity contribution in [3.05, 3.63) is 0 Å². The van der Waals surface area contributed by atoms with E-state index in [0.717, 1.165) is 26.2 Å². The molecule has 2 rings (SSSR count). The Morgan fingerprint density at radius 3 is 2.76 bits per heavy atom. The summed E-state index contributed by atoms with van der Waals surface area (Å²) < 4.78 is 0. The molecule has 0 aromatic rings. The second-order valence-electron chi connectivity index (χ2n) is 4.93. The molecule has 0 aromatic carbocycles. The smallest absolute Gasteiger partial charge is 0.239 e. The SMILES string of the molecule is CC(C(=O)N1CCNCC1)N(C)C1CCSC1. The molecule has 0 bridgehead atoms. The molecule has 5 heteroatoms. The molecule has 2 saturated heterocycles. The van der Waals surface area contributed by atoms with Gasteiger partial charge in [0.05, 0.1) is 6.04 Å². The Hall–Kier alpha value is -0.260. The van der Waals surface area contributed by atoms with Gasteiger partial charge >= 0.3 is 0 Å². The van der Waals surface area contributed by atoms with Gasteiger partial charge in [-0.15, -0.1) is 0 Å². The quantitative estimate of drug-likeness (QED) is 0.786. The van der Waals surface area contributed by atoms with Crippen LogP contribution in [0.3, 0.4) is 0 Å². The fraction of sp³-hybridized carbons (Fsp3) is 0.917. The molecular formula is C12H23N3OS. The number of nitrogens with one attached hydrogen (secondary N) is 1. The van der Waals surface area contributed by atoms with E-state index in [1.807, 2.05) is 23.6 Å². The first-order valence-corrected chi connectivity index (χ1v) is 7.65. The van der Waals surface area contributed by atoms with Gasteiger partial charge in [-0.1, -0.05) is 0 Å². The normalized spacial score (nSPS) is 27.5. The Balaban J connectivity index is 1.88. The first kappa shape index (κ1) is 13.2. The number of piperazine rings is 1. The van der Waals surface area contributed by atoms with Crippen molar-refractivity contribution in [2.75, 3.05) is 44.7 Å². The molecule has 0 aromatic heterocycles. The van der Waals surface area contributed by atoms with E-state index in [9.17, 15) is 4.79 Å². The molecule has 98 valence electrons. The standard InChI is InChI=1S/C12H23N3OS/c1-10(14(2)11-3-8-17-9-11)12(16)15-6-4-13-5-7-15/h10-11,13H,3-9H2,1-2H3. The van der Waals surface area contributed by atoms with E-state index in [1.54, 1.807) is 0 Å². The number of carbonyl (C=O) groups is 1. The second-order valence-corrected chi connectivity index (χ2v) is 6.08. The molecule has 2 atom stereocenters. The Kier molecular flexibility index (Phi) is 4.70. The van der Waals surface area contributed by atoms with Crippen LogP contribution in [0, 0.1) is 0 Å². The zero-order valence-electron chi connectivity index (χ0n) is 10.8. The fourth-order valence-electron chi connectivity index (χ4n) is 2.48. The van der Waals surface area contributed by atoms with Gasteiger partial charge in [0.2, 0.25) is 5.91 Å². The van der Waals surface area contributed by atoms with Crippen LogP contribution in [0.2, 0.25) is 0 Å². The second kappa shape index (κ2) is 6.07. The predicted octanol–water partition coefficient (Wildman–Crippen LogP) is 0.244. The zero-order chi connectivity index (χ0) is 12.3. The monoisotopic (exact) mass is 257 g/mol. The lowest BCUT2D eigenvalue weighted by Crippen LogP contribution is -2.54. The molecule has 0 spiro atoms. The summed E-state index contributed by atoms with van der Waals surface area (Å²) in [5.41, 5.74) is 0. The number of hydrogen-bond acceptors (Lipinski definition) is 4. The molecule has 17 heavy (non-hydrogen) atoms. The number of hydrogen-bond donors (Lipinski definition) is 1. The first-order valence-electron chi connectivity index (χ1n) is 6.49. The van der Waals surface area contributed by atoms with Crippen LogP contribution in [-0.2, 0) is 4.79 Å². The van der Waals surface area contributed by atoms with Crippen molar-refractivity contribution < 1.29 is 4.79 Å². The molecular weight excluding hydrogens is 234 g/mol. The number of amides is 1. The van der Waals surface area contributed by atoms with Gasteiger partial charge in [0.25, 0.3) is 0 Å². The molecule has 0 aliphatic carbocycles. The van der Waals surface area contributed by atoms with Crippen molar-refractivity contribution in [2.45, 2.75) is 25.4 Å². The van der Waals surface area contributed by atoms with Gasteiger partial charge in [-0.05, 0) is 26.1 Å². The van der Waals surface area contributed by atoms with E-state index in [-0.39, 0.29) is 6.04 Å². The minimum Gasteiger partial charge on any atom is -0.339 e. The van der Waals surface area contributed by atoms with Crippen molar-refractivity contribution in [1.82, 2.24) is 15.1 Å². The topological polar surface area (TPSA) is 35.6 Å². The van der Waals surface area contributed by atoms with Crippen LogP contribution in [0.1, 0.15) is 13.3 Å². The summed E-state index contributed by atoms with van der Waals surface area (Å²) in [5.74, 6) is 2.71. The summed E-state index contributed by atoms with van der Waals surface area (Å²) in [6.07, 6.45) is 1.22.